The molecular formula is C33H42F2N6O4S. The number of hydrogen-bond acceptors (Lipinski definition) is 8. The lowest BCUT2D eigenvalue weighted by molar-refractivity contribution is 0.0904. The molecule has 0 aliphatic carbocycles. The van der Waals surface area contributed by atoms with Crippen LogP contribution in [0, 0.1) is 11.6 Å². The molecule has 3 aliphatic rings. The number of ketones is 1. The molecule has 6 rings (SSSR count). The fraction of sp³-hybridized carbons (Fsp3) is 0.515. The molecule has 46 heavy (non-hydrogen) atoms. The zero-order valence-electron chi connectivity index (χ0n) is 26.2. The predicted octanol–water partition coefficient (Wildman–Crippen LogP) is 4.37. The van der Waals surface area contributed by atoms with Crippen molar-refractivity contribution in [3.8, 4) is 0 Å². The van der Waals surface area contributed by atoms with Gasteiger partial charge in [-0.15, -0.1) is 0 Å². The Hall–Kier alpha value is -3.39. The number of fused-ring (bicyclic) bond motifs is 1. The average Bonchev–Trinajstić information content (AvgIpc) is 3.45. The first-order valence-corrected chi connectivity index (χ1v) is 17.6. The number of benzene rings is 2. The van der Waals surface area contributed by atoms with Crippen LogP contribution < -0.4 is 10.2 Å². The molecule has 3 aliphatic heterocycles. The maximum atomic E-state index is 13.9. The second-order valence-corrected chi connectivity index (χ2v) is 14.4. The van der Waals surface area contributed by atoms with Crippen molar-refractivity contribution in [3.63, 3.8) is 0 Å². The van der Waals surface area contributed by atoms with Crippen LogP contribution in [0.3, 0.4) is 0 Å². The Morgan fingerprint density at radius 3 is 2.54 bits per heavy atom. The predicted molar refractivity (Wildman–Crippen MR) is 172 cm³/mol. The lowest BCUT2D eigenvalue weighted by Gasteiger charge is -2.30. The lowest BCUT2D eigenvalue weighted by Crippen LogP contribution is -2.36. The number of rotatable bonds is 11. The highest BCUT2D eigenvalue weighted by atomic mass is 32.2. The van der Waals surface area contributed by atoms with E-state index < -0.39 is 26.6 Å². The summed E-state index contributed by atoms with van der Waals surface area (Å²) in [5, 5.41) is 11.0. The molecule has 2 N–H and O–H groups in total. The fourth-order valence-electron chi connectivity index (χ4n) is 6.55. The average molecular weight is 657 g/mol. The third-order valence-corrected chi connectivity index (χ3v) is 11.1. The summed E-state index contributed by atoms with van der Waals surface area (Å²) in [6, 6.07) is 8.34. The summed E-state index contributed by atoms with van der Waals surface area (Å²) < 4.78 is 61.1. The normalized spacial score (nSPS) is 18.3. The van der Waals surface area contributed by atoms with Gasteiger partial charge < -0.3 is 19.9 Å². The van der Waals surface area contributed by atoms with Gasteiger partial charge in [0.25, 0.3) is 0 Å². The van der Waals surface area contributed by atoms with E-state index in [1.54, 1.807) is 0 Å². The summed E-state index contributed by atoms with van der Waals surface area (Å²) >= 11 is 0. The maximum absolute atomic E-state index is 13.9. The van der Waals surface area contributed by atoms with Gasteiger partial charge in [0.15, 0.2) is 5.78 Å². The number of anilines is 2. The number of likely N-dealkylation sites (tertiary alicyclic amines) is 1. The number of aromatic amines is 1. The molecule has 2 aromatic carbocycles. The van der Waals surface area contributed by atoms with Crippen molar-refractivity contribution in [1.29, 1.82) is 0 Å². The van der Waals surface area contributed by atoms with Gasteiger partial charge in [-0.3, -0.25) is 9.89 Å². The van der Waals surface area contributed by atoms with Crippen LogP contribution in [0.1, 0.15) is 59.4 Å². The number of nitrogens with one attached hydrogen (secondary N) is 2. The first-order chi connectivity index (χ1) is 22.2. The lowest BCUT2D eigenvalue weighted by atomic mass is 9.98. The molecule has 0 amide bonds. The first kappa shape index (κ1) is 32.5. The molecule has 2 fully saturated rings. The Morgan fingerprint density at radius 2 is 1.80 bits per heavy atom. The number of piperidine rings is 1. The number of likely N-dealkylation sites (N-methyl/N-ethyl adjacent to an activating group) is 1. The van der Waals surface area contributed by atoms with Crippen molar-refractivity contribution in [2.24, 2.45) is 0 Å². The van der Waals surface area contributed by atoms with E-state index in [9.17, 15) is 22.0 Å². The molecule has 2 saturated heterocycles. The van der Waals surface area contributed by atoms with Crippen LogP contribution in [0.2, 0.25) is 0 Å². The van der Waals surface area contributed by atoms with Crippen LogP contribution in [0.15, 0.2) is 41.3 Å². The number of halogens is 2. The van der Waals surface area contributed by atoms with E-state index >= 15 is 0 Å². The molecule has 3 aromatic rings. The smallest absolute Gasteiger partial charge is 0.243 e. The standard InChI is InChI=1S/C33H42F2N6O4S/c1-39(13-14-40-10-3-2-4-11-40)26-5-6-28(31(20-26)36-25-8-15-45-16-9-25)33(42)21-32-29-22-41(12-7-30(29)37-38-32)46(43,44)27-18-23(34)17-24(35)19-27/h5-6,17-20,25,36H,2-4,7-16,21-22H2,1H3,(H,37,38). The van der Waals surface area contributed by atoms with E-state index in [0.29, 0.717) is 42.5 Å². The molecule has 0 bridgehead atoms. The van der Waals surface area contributed by atoms with E-state index in [0.717, 1.165) is 68.2 Å². The molecule has 0 radical (unpaired) electrons. The minimum atomic E-state index is -4.17. The quantitative estimate of drug-likeness (QED) is 0.293. The number of ether oxygens (including phenoxy) is 1. The molecule has 10 nitrogen and oxygen atoms in total. The van der Waals surface area contributed by atoms with E-state index in [2.05, 4.69) is 32.4 Å². The molecular weight excluding hydrogens is 614 g/mol. The Bertz CT molecular complexity index is 1630. The Labute approximate surface area is 269 Å². The van der Waals surface area contributed by atoms with Crippen molar-refractivity contribution in [2.45, 2.75) is 62.4 Å². The van der Waals surface area contributed by atoms with Gasteiger partial charge in [-0.1, -0.05) is 6.42 Å². The zero-order valence-corrected chi connectivity index (χ0v) is 27.1. The van der Waals surface area contributed by atoms with Crippen LogP contribution in [0.25, 0.3) is 0 Å². The van der Waals surface area contributed by atoms with Gasteiger partial charge in [-0.05, 0) is 69.1 Å². The maximum Gasteiger partial charge on any atom is 0.243 e. The number of carbonyl (C=O) groups excluding carboxylic acids is 1. The van der Waals surface area contributed by atoms with E-state index in [-0.39, 0.29) is 31.3 Å². The molecule has 0 saturated carbocycles. The number of hydrogen-bond donors (Lipinski definition) is 2. The molecule has 248 valence electrons. The van der Waals surface area contributed by atoms with Crippen molar-refractivity contribution in [2.75, 3.05) is 63.2 Å². The molecule has 4 heterocycles. The van der Waals surface area contributed by atoms with Gasteiger partial charge in [-0.2, -0.15) is 9.40 Å². The van der Waals surface area contributed by atoms with Crippen LogP contribution in [0.4, 0.5) is 20.2 Å². The molecule has 13 heteroatoms. The van der Waals surface area contributed by atoms with Crippen molar-refractivity contribution < 1.29 is 26.7 Å². The minimum absolute atomic E-state index is 0.0269. The van der Waals surface area contributed by atoms with Crippen LogP contribution in [-0.4, -0.2) is 92.6 Å². The topological polar surface area (TPSA) is 111 Å². The van der Waals surface area contributed by atoms with Crippen LogP contribution >= 0.6 is 0 Å². The number of sulfonamides is 1. The highest BCUT2D eigenvalue weighted by Crippen LogP contribution is 2.30. The minimum Gasteiger partial charge on any atom is -0.381 e. The third kappa shape index (κ3) is 7.43. The summed E-state index contributed by atoms with van der Waals surface area (Å²) in [5.41, 5.74) is 4.17. The van der Waals surface area contributed by atoms with Gasteiger partial charge >= 0.3 is 0 Å². The van der Waals surface area contributed by atoms with Gasteiger partial charge in [0.1, 0.15) is 11.6 Å². The SMILES string of the molecule is CN(CCN1CCCCC1)c1ccc(C(=O)Cc2n[nH]c3c2CN(S(=O)(=O)c2cc(F)cc(F)c2)CC3)c(NC2CCOCC2)c1. The molecule has 0 atom stereocenters. The number of H-pyrrole nitrogens is 1. The highest BCUT2D eigenvalue weighted by Gasteiger charge is 2.32. The van der Waals surface area contributed by atoms with Crippen LogP contribution in [-0.2, 0) is 34.1 Å². The van der Waals surface area contributed by atoms with Crippen molar-refractivity contribution in [3.05, 3.63) is 70.5 Å². The van der Waals surface area contributed by atoms with E-state index in [4.69, 9.17) is 4.74 Å². The summed E-state index contributed by atoms with van der Waals surface area (Å²) in [6.07, 6.45) is 5.80. The zero-order chi connectivity index (χ0) is 32.3. The van der Waals surface area contributed by atoms with Crippen molar-refractivity contribution >= 4 is 27.2 Å². The summed E-state index contributed by atoms with van der Waals surface area (Å²) in [6.45, 7) is 5.55. The number of nitrogens with zero attached hydrogens (tertiary/aromatic N) is 4. The Morgan fingerprint density at radius 1 is 1.07 bits per heavy atom. The summed E-state index contributed by atoms with van der Waals surface area (Å²) in [4.78, 5) is 18.2. The highest BCUT2D eigenvalue weighted by molar-refractivity contribution is 7.89. The number of carbonyl (C=O) groups is 1. The van der Waals surface area contributed by atoms with Crippen molar-refractivity contribution in [1.82, 2.24) is 19.4 Å². The monoisotopic (exact) mass is 656 g/mol. The van der Waals surface area contributed by atoms with Gasteiger partial charge in [0, 0.05) is 93.2 Å². The largest absolute Gasteiger partial charge is 0.381 e. The van der Waals surface area contributed by atoms with Crippen LogP contribution in [0.5, 0.6) is 0 Å². The molecule has 0 unspecified atom stereocenters. The molecule has 1 aromatic heterocycles. The van der Waals surface area contributed by atoms with Gasteiger partial charge in [0.05, 0.1) is 17.0 Å². The first-order valence-electron chi connectivity index (χ1n) is 16.1. The summed E-state index contributed by atoms with van der Waals surface area (Å²) in [5.74, 6) is -2.07. The Balaban J connectivity index is 1.20. The second-order valence-electron chi connectivity index (χ2n) is 12.5. The fourth-order valence-corrected chi connectivity index (χ4v) is 8.00. The second kappa shape index (κ2) is 14.2. The molecule has 0 spiro atoms. The Kier molecular flexibility index (Phi) is 10.0. The van der Waals surface area contributed by atoms with Gasteiger partial charge in [0.2, 0.25) is 10.0 Å². The summed E-state index contributed by atoms with van der Waals surface area (Å²) in [7, 11) is -2.10. The third-order valence-electron chi connectivity index (χ3n) is 9.31. The van der Waals surface area contributed by atoms with E-state index in [1.807, 2.05) is 18.2 Å². The van der Waals surface area contributed by atoms with Gasteiger partial charge in [-0.25, -0.2) is 17.2 Å². The van der Waals surface area contributed by atoms with E-state index in [1.165, 1.54) is 23.6 Å². The number of Topliss-reactive ketones (excluding diaryl/α,β-unsaturated/α-hetero) is 1. The number of aromatic nitrogens is 2.